The second-order valence-electron chi connectivity index (χ2n) is 10.3. The topological polar surface area (TPSA) is 51.9 Å². The number of benzene rings is 2. The van der Waals surface area contributed by atoms with Crippen LogP contribution in [0.1, 0.15) is 87.7 Å². The Morgan fingerprint density at radius 2 is 1.54 bits per heavy atom. The van der Waals surface area contributed by atoms with Gasteiger partial charge >= 0.3 is 0 Å². The van der Waals surface area contributed by atoms with Gasteiger partial charge in [-0.1, -0.05) is 93.3 Å². The Balaban J connectivity index is 1.54. The normalized spacial score (nSPS) is 18.1. The van der Waals surface area contributed by atoms with Crippen molar-refractivity contribution in [2.75, 3.05) is 0 Å². The highest BCUT2D eigenvalue weighted by atomic mass is 16.1. The Bertz CT molecular complexity index is 1030. The number of rotatable bonds is 12. The Kier molecular flexibility index (Phi) is 8.43. The lowest BCUT2D eigenvalue weighted by Gasteiger charge is -2.37. The number of hydrogen-bond acceptors (Lipinski definition) is 1. The van der Waals surface area contributed by atoms with Gasteiger partial charge in [0.25, 0.3) is 5.82 Å². The molecule has 1 aromatic heterocycles. The van der Waals surface area contributed by atoms with E-state index in [0.717, 1.165) is 36.9 Å². The summed E-state index contributed by atoms with van der Waals surface area (Å²) in [6.07, 6.45) is 15.4. The Labute approximate surface area is 211 Å². The number of unbranched alkanes of at least 4 members (excludes halogenated alkanes) is 5. The highest BCUT2D eigenvalue weighted by Crippen LogP contribution is 2.49. The first-order chi connectivity index (χ1) is 17.1. The van der Waals surface area contributed by atoms with Gasteiger partial charge in [-0.15, -0.1) is 0 Å². The molecule has 1 heterocycles. The van der Waals surface area contributed by atoms with Crippen molar-refractivity contribution in [3.63, 3.8) is 0 Å². The van der Waals surface area contributed by atoms with Crippen molar-refractivity contribution < 1.29 is 9.36 Å². The summed E-state index contributed by atoms with van der Waals surface area (Å²) >= 11 is 0. The van der Waals surface area contributed by atoms with Gasteiger partial charge in [-0.25, -0.2) is 9.13 Å². The molecule has 2 N–H and O–H groups in total. The van der Waals surface area contributed by atoms with E-state index in [4.69, 9.17) is 5.73 Å². The van der Waals surface area contributed by atoms with Crippen molar-refractivity contribution in [1.29, 1.82) is 0 Å². The van der Waals surface area contributed by atoms with Crippen LogP contribution in [0.4, 0.5) is 0 Å². The molecule has 0 aliphatic heterocycles. The molecule has 4 rings (SSSR count). The molecule has 1 aliphatic carbocycles. The average molecular weight is 473 g/mol. The lowest BCUT2D eigenvalue weighted by Crippen LogP contribution is -2.47. The van der Waals surface area contributed by atoms with Crippen molar-refractivity contribution in [3.05, 3.63) is 90.0 Å². The highest BCUT2D eigenvalue weighted by molar-refractivity contribution is 5.91. The highest BCUT2D eigenvalue weighted by Gasteiger charge is 2.51. The standard InChI is InChI=1S/C31H41N3O/c1-3-4-5-6-7-14-21-33-22-23-34(25(33)2)29-20-19-28(24-29)31(30(32)35,26-15-10-8-11-16-26)27-17-12-9-13-18-27/h8-13,15-18,22-23,28-29H,3-7,14,19-21,24H2,1-2H3,(H-,32,35)/p+1. The van der Waals surface area contributed by atoms with Crippen molar-refractivity contribution in [1.82, 2.24) is 4.57 Å². The van der Waals surface area contributed by atoms with E-state index in [1.54, 1.807) is 0 Å². The zero-order valence-corrected chi connectivity index (χ0v) is 21.5. The summed E-state index contributed by atoms with van der Waals surface area (Å²) in [5.41, 5.74) is 7.48. The minimum Gasteiger partial charge on any atom is -0.369 e. The van der Waals surface area contributed by atoms with Crippen molar-refractivity contribution in [2.45, 2.75) is 89.6 Å². The summed E-state index contributed by atoms with van der Waals surface area (Å²) in [5.74, 6) is 1.22. The van der Waals surface area contributed by atoms with E-state index >= 15 is 0 Å². The maximum absolute atomic E-state index is 13.3. The van der Waals surface area contributed by atoms with E-state index in [2.05, 4.69) is 59.6 Å². The van der Waals surface area contributed by atoms with E-state index in [9.17, 15) is 4.79 Å². The molecule has 1 fully saturated rings. The van der Waals surface area contributed by atoms with Crippen molar-refractivity contribution in [2.24, 2.45) is 11.7 Å². The summed E-state index contributed by atoms with van der Waals surface area (Å²) in [5, 5.41) is 0. The third-order valence-corrected chi connectivity index (χ3v) is 8.21. The number of carbonyl (C=O) groups excluding carboxylic acids is 1. The number of hydrogen-bond donors (Lipinski definition) is 1. The van der Waals surface area contributed by atoms with Gasteiger partial charge in [-0.2, -0.15) is 0 Å². The minimum atomic E-state index is -0.813. The zero-order chi connectivity index (χ0) is 24.7. The second-order valence-corrected chi connectivity index (χ2v) is 10.3. The molecule has 2 atom stereocenters. The summed E-state index contributed by atoms with van der Waals surface area (Å²) in [4.78, 5) is 13.3. The first-order valence-electron chi connectivity index (χ1n) is 13.6. The van der Waals surface area contributed by atoms with Gasteiger partial charge < -0.3 is 5.73 Å². The fraction of sp³-hybridized carbons (Fsp3) is 0.484. The van der Waals surface area contributed by atoms with Gasteiger partial charge in [0.05, 0.1) is 6.54 Å². The smallest absolute Gasteiger partial charge is 0.253 e. The van der Waals surface area contributed by atoms with Crippen LogP contribution in [0.2, 0.25) is 0 Å². The predicted octanol–water partition coefficient (Wildman–Crippen LogP) is 6.26. The van der Waals surface area contributed by atoms with E-state index in [0.29, 0.717) is 6.04 Å². The van der Waals surface area contributed by atoms with Crippen molar-refractivity contribution >= 4 is 5.91 Å². The van der Waals surface area contributed by atoms with E-state index in [-0.39, 0.29) is 11.8 Å². The number of nitrogens with two attached hydrogens (primary N) is 1. The maximum atomic E-state index is 13.3. The number of nitrogens with zero attached hydrogens (tertiary/aromatic N) is 2. The SMILES string of the molecule is CCCCCCCC[n+]1ccn(C2CCC(C(C(N)=O)(c3ccccc3)c3ccccc3)C2)c1C. The maximum Gasteiger partial charge on any atom is 0.253 e. The summed E-state index contributed by atoms with van der Waals surface area (Å²) in [7, 11) is 0. The molecule has 2 aromatic carbocycles. The predicted molar refractivity (Wildman–Crippen MR) is 142 cm³/mol. The number of primary amides is 1. The third-order valence-electron chi connectivity index (χ3n) is 8.21. The van der Waals surface area contributed by atoms with Crippen LogP contribution in [-0.4, -0.2) is 10.5 Å². The molecule has 0 bridgehead atoms. The largest absolute Gasteiger partial charge is 0.369 e. The quantitative estimate of drug-likeness (QED) is 0.246. The molecule has 4 nitrogen and oxygen atoms in total. The minimum absolute atomic E-state index is 0.156. The van der Waals surface area contributed by atoms with Gasteiger partial charge in [-0.3, -0.25) is 4.79 Å². The van der Waals surface area contributed by atoms with E-state index in [1.807, 2.05) is 36.4 Å². The lowest BCUT2D eigenvalue weighted by atomic mass is 9.64. The van der Waals surface area contributed by atoms with Gasteiger partial charge in [-0.05, 0) is 49.1 Å². The number of aryl methyl sites for hydroxylation is 1. The molecule has 1 aliphatic rings. The Morgan fingerprint density at radius 3 is 2.14 bits per heavy atom. The fourth-order valence-corrected chi connectivity index (χ4v) is 6.33. The molecule has 0 spiro atoms. The number of aromatic nitrogens is 2. The van der Waals surface area contributed by atoms with Crippen LogP contribution in [0, 0.1) is 12.8 Å². The van der Waals surface area contributed by atoms with Gasteiger partial charge in [0.2, 0.25) is 5.91 Å². The van der Waals surface area contributed by atoms with Crippen LogP contribution in [0.5, 0.6) is 0 Å². The molecular formula is C31H42N3O+. The van der Waals surface area contributed by atoms with E-state index in [1.165, 1.54) is 44.3 Å². The van der Waals surface area contributed by atoms with Gasteiger partial charge in [0, 0.05) is 6.92 Å². The van der Waals surface area contributed by atoms with Crippen LogP contribution in [0.3, 0.4) is 0 Å². The van der Waals surface area contributed by atoms with E-state index < -0.39 is 5.41 Å². The first kappa shape index (κ1) is 25.2. The number of amides is 1. The van der Waals surface area contributed by atoms with Gasteiger partial charge in [0.1, 0.15) is 23.9 Å². The average Bonchev–Trinajstić information content (AvgIpc) is 3.50. The molecule has 35 heavy (non-hydrogen) atoms. The first-order valence-corrected chi connectivity index (χ1v) is 13.6. The Hall–Kier alpha value is -2.88. The molecule has 2 unspecified atom stereocenters. The number of carbonyl (C=O) groups is 1. The lowest BCUT2D eigenvalue weighted by molar-refractivity contribution is -0.703. The monoisotopic (exact) mass is 472 g/mol. The molecule has 186 valence electrons. The van der Waals surface area contributed by atoms with Crippen molar-refractivity contribution in [3.8, 4) is 0 Å². The fourth-order valence-electron chi connectivity index (χ4n) is 6.33. The second kappa shape index (κ2) is 11.7. The Morgan fingerprint density at radius 1 is 0.943 bits per heavy atom. The summed E-state index contributed by atoms with van der Waals surface area (Å²) in [6, 6.07) is 20.7. The van der Waals surface area contributed by atoms with Crippen LogP contribution in [0.15, 0.2) is 73.1 Å². The number of imidazole rings is 1. The molecule has 0 saturated heterocycles. The van der Waals surface area contributed by atoms with Crippen LogP contribution >= 0.6 is 0 Å². The van der Waals surface area contributed by atoms with Crippen LogP contribution in [0.25, 0.3) is 0 Å². The molecule has 4 heteroatoms. The summed E-state index contributed by atoms with van der Waals surface area (Å²) in [6.45, 7) is 5.59. The van der Waals surface area contributed by atoms with Crippen LogP contribution in [-0.2, 0) is 16.8 Å². The summed E-state index contributed by atoms with van der Waals surface area (Å²) < 4.78 is 4.85. The van der Waals surface area contributed by atoms with Gasteiger partial charge in [0.15, 0.2) is 0 Å². The molecule has 1 saturated carbocycles. The molecular weight excluding hydrogens is 430 g/mol. The molecule has 0 radical (unpaired) electrons. The third kappa shape index (κ3) is 5.22. The molecule has 3 aromatic rings. The molecule has 1 amide bonds. The van der Waals surface area contributed by atoms with Crippen LogP contribution < -0.4 is 10.3 Å². The zero-order valence-electron chi connectivity index (χ0n) is 21.5.